The molecular weight excluding hydrogens is 116 g/mol. The molecular formula is C6H8N2O. The van der Waals surface area contributed by atoms with Crippen molar-refractivity contribution in [1.82, 2.24) is 0 Å². The lowest BCUT2D eigenvalue weighted by atomic mass is 10.2. The third-order valence-corrected chi connectivity index (χ3v) is 1.35. The van der Waals surface area contributed by atoms with Crippen molar-refractivity contribution in [3.8, 4) is 0 Å². The van der Waals surface area contributed by atoms with E-state index in [1.54, 1.807) is 0 Å². The second kappa shape index (κ2) is 2.53. The molecule has 0 spiro atoms. The van der Waals surface area contributed by atoms with Crippen molar-refractivity contribution in [2.24, 2.45) is 4.99 Å². The Labute approximate surface area is 53.3 Å². The summed E-state index contributed by atoms with van der Waals surface area (Å²) in [4.78, 5) is 14.0. The lowest BCUT2D eigenvalue weighted by molar-refractivity contribution is -0.108. The molecule has 0 bridgehead atoms. The Balaban J connectivity index is 2.59. The molecule has 0 radical (unpaired) electrons. The van der Waals surface area contributed by atoms with E-state index in [-0.39, 0.29) is 6.04 Å². The van der Waals surface area contributed by atoms with Crippen LogP contribution in [0.1, 0.15) is 12.8 Å². The molecule has 3 nitrogen and oxygen atoms in total. The minimum absolute atomic E-state index is 0.165. The van der Waals surface area contributed by atoms with Gasteiger partial charge in [-0.3, -0.25) is 4.99 Å². The quantitative estimate of drug-likeness (QED) is 0.421. The predicted octanol–water partition coefficient (Wildman–Crippen LogP) is 0.438. The monoisotopic (exact) mass is 124 g/mol. The molecule has 1 N–H and O–H groups in total. The van der Waals surface area contributed by atoms with Crippen molar-refractivity contribution in [3.05, 3.63) is 0 Å². The highest BCUT2D eigenvalue weighted by molar-refractivity contribution is 6.30. The first-order valence-electron chi connectivity index (χ1n) is 2.89. The van der Waals surface area contributed by atoms with E-state index >= 15 is 0 Å². The third kappa shape index (κ3) is 1.22. The van der Waals surface area contributed by atoms with Crippen LogP contribution in [0.5, 0.6) is 0 Å². The summed E-state index contributed by atoms with van der Waals surface area (Å²) in [6, 6.07) is -0.165. The standard InChI is InChI=1S/C6H8N2O/c7-3-5-1-2-6(4-9)8-5/h3-4,6-7H,1-2H2. The molecule has 0 aromatic rings. The highest BCUT2D eigenvalue weighted by Gasteiger charge is 2.13. The van der Waals surface area contributed by atoms with Crippen LogP contribution in [0, 0.1) is 5.41 Å². The lowest BCUT2D eigenvalue weighted by Crippen LogP contribution is -1.98. The summed E-state index contributed by atoms with van der Waals surface area (Å²) in [6.45, 7) is 0. The van der Waals surface area contributed by atoms with Crippen LogP contribution in [0.3, 0.4) is 0 Å². The van der Waals surface area contributed by atoms with Gasteiger partial charge in [-0.25, -0.2) is 0 Å². The van der Waals surface area contributed by atoms with Gasteiger partial charge in [0, 0.05) is 6.21 Å². The SMILES string of the molecule is N=CC1=NC(C=O)CC1. The van der Waals surface area contributed by atoms with E-state index in [9.17, 15) is 4.79 Å². The van der Waals surface area contributed by atoms with Crippen molar-refractivity contribution >= 4 is 18.2 Å². The molecule has 0 aliphatic carbocycles. The van der Waals surface area contributed by atoms with Crippen molar-refractivity contribution in [2.75, 3.05) is 0 Å². The van der Waals surface area contributed by atoms with Crippen LogP contribution >= 0.6 is 0 Å². The smallest absolute Gasteiger partial charge is 0.144 e. The summed E-state index contributed by atoms with van der Waals surface area (Å²) in [5.41, 5.74) is 0.743. The molecule has 48 valence electrons. The summed E-state index contributed by atoms with van der Waals surface area (Å²) in [5, 5.41) is 6.79. The minimum atomic E-state index is -0.165. The molecule has 1 unspecified atom stereocenters. The second-order valence-electron chi connectivity index (χ2n) is 2.01. The Bertz CT molecular complexity index is 162. The molecule has 1 aliphatic heterocycles. The number of aliphatic imine (C=N–C) groups is 1. The largest absolute Gasteiger partial charge is 0.307 e. The van der Waals surface area contributed by atoms with E-state index in [1.807, 2.05) is 0 Å². The Kier molecular flexibility index (Phi) is 1.72. The molecule has 0 aromatic heterocycles. The number of carbonyl (C=O) groups is 1. The number of nitrogens with zero attached hydrogens (tertiary/aromatic N) is 1. The Morgan fingerprint density at radius 2 is 2.56 bits per heavy atom. The fraction of sp³-hybridized carbons (Fsp3) is 0.500. The van der Waals surface area contributed by atoms with Crippen LogP contribution in [-0.2, 0) is 4.79 Å². The first-order valence-corrected chi connectivity index (χ1v) is 2.89. The number of hydrogen-bond donors (Lipinski definition) is 1. The summed E-state index contributed by atoms with van der Waals surface area (Å²) < 4.78 is 0. The fourth-order valence-corrected chi connectivity index (χ4v) is 0.846. The average Bonchev–Trinajstić information content (AvgIpc) is 2.34. The molecule has 0 aromatic carbocycles. The zero-order chi connectivity index (χ0) is 6.69. The van der Waals surface area contributed by atoms with E-state index in [4.69, 9.17) is 5.41 Å². The summed E-state index contributed by atoms with van der Waals surface area (Å²) in [7, 11) is 0. The molecule has 0 saturated heterocycles. The van der Waals surface area contributed by atoms with Gasteiger partial charge >= 0.3 is 0 Å². The van der Waals surface area contributed by atoms with Crippen LogP contribution in [0.25, 0.3) is 0 Å². The Morgan fingerprint density at radius 3 is 2.89 bits per heavy atom. The van der Waals surface area contributed by atoms with Crippen molar-refractivity contribution in [1.29, 1.82) is 5.41 Å². The predicted molar refractivity (Wildman–Crippen MR) is 35.3 cm³/mol. The Morgan fingerprint density at radius 1 is 1.78 bits per heavy atom. The maximum Gasteiger partial charge on any atom is 0.144 e. The molecule has 1 heterocycles. The van der Waals surface area contributed by atoms with Crippen LogP contribution < -0.4 is 0 Å². The van der Waals surface area contributed by atoms with Gasteiger partial charge in [-0.05, 0) is 12.8 Å². The first kappa shape index (κ1) is 6.13. The van der Waals surface area contributed by atoms with Gasteiger partial charge in [0.25, 0.3) is 0 Å². The van der Waals surface area contributed by atoms with Crippen LogP contribution in [0.2, 0.25) is 0 Å². The molecule has 0 amide bonds. The number of nitrogens with one attached hydrogen (secondary N) is 1. The molecule has 1 aliphatic rings. The molecule has 0 saturated carbocycles. The highest BCUT2D eigenvalue weighted by atomic mass is 16.1. The van der Waals surface area contributed by atoms with Gasteiger partial charge in [-0.2, -0.15) is 0 Å². The zero-order valence-corrected chi connectivity index (χ0v) is 5.00. The van der Waals surface area contributed by atoms with Gasteiger partial charge in [-0.1, -0.05) is 0 Å². The normalized spacial score (nSPS) is 25.3. The van der Waals surface area contributed by atoms with E-state index in [1.165, 1.54) is 6.21 Å². The number of carbonyl (C=O) groups excluding carboxylic acids is 1. The van der Waals surface area contributed by atoms with Crippen LogP contribution in [-0.4, -0.2) is 24.3 Å². The average molecular weight is 124 g/mol. The van der Waals surface area contributed by atoms with Crippen LogP contribution in [0.15, 0.2) is 4.99 Å². The minimum Gasteiger partial charge on any atom is -0.307 e. The fourth-order valence-electron chi connectivity index (χ4n) is 0.846. The lowest BCUT2D eigenvalue weighted by Gasteiger charge is -1.87. The van der Waals surface area contributed by atoms with Crippen molar-refractivity contribution < 1.29 is 4.79 Å². The van der Waals surface area contributed by atoms with Gasteiger partial charge in [0.1, 0.15) is 12.3 Å². The zero-order valence-electron chi connectivity index (χ0n) is 5.00. The first-order chi connectivity index (χ1) is 4.36. The summed E-state index contributed by atoms with van der Waals surface area (Å²) in [5.74, 6) is 0. The number of aldehydes is 1. The maximum atomic E-state index is 10.1. The number of hydrogen-bond acceptors (Lipinski definition) is 3. The number of rotatable bonds is 2. The van der Waals surface area contributed by atoms with Gasteiger partial charge in [-0.15, -0.1) is 0 Å². The van der Waals surface area contributed by atoms with Crippen LogP contribution in [0.4, 0.5) is 0 Å². The highest BCUT2D eigenvalue weighted by Crippen LogP contribution is 2.09. The van der Waals surface area contributed by atoms with Gasteiger partial charge < -0.3 is 10.2 Å². The third-order valence-electron chi connectivity index (χ3n) is 1.35. The van der Waals surface area contributed by atoms with E-state index < -0.39 is 0 Å². The van der Waals surface area contributed by atoms with Gasteiger partial charge in [0.2, 0.25) is 0 Å². The van der Waals surface area contributed by atoms with Gasteiger partial charge in [0.15, 0.2) is 0 Å². The van der Waals surface area contributed by atoms with Crippen molar-refractivity contribution in [3.63, 3.8) is 0 Å². The second-order valence-corrected chi connectivity index (χ2v) is 2.01. The Hall–Kier alpha value is -0.990. The van der Waals surface area contributed by atoms with E-state index in [2.05, 4.69) is 4.99 Å². The maximum absolute atomic E-state index is 10.1. The summed E-state index contributed by atoms with van der Waals surface area (Å²) >= 11 is 0. The van der Waals surface area contributed by atoms with E-state index in [0.29, 0.717) is 0 Å². The van der Waals surface area contributed by atoms with E-state index in [0.717, 1.165) is 24.8 Å². The molecule has 1 atom stereocenters. The molecule has 1 rings (SSSR count). The summed E-state index contributed by atoms with van der Waals surface area (Å²) in [6.07, 6.45) is 3.61. The van der Waals surface area contributed by atoms with Gasteiger partial charge in [0.05, 0.1) is 5.71 Å². The molecule has 9 heavy (non-hydrogen) atoms. The molecule has 3 heteroatoms. The van der Waals surface area contributed by atoms with Crippen molar-refractivity contribution in [2.45, 2.75) is 18.9 Å². The topological polar surface area (TPSA) is 53.3 Å². The molecule has 0 fully saturated rings.